The summed E-state index contributed by atoms with van der Waals surface area (Å²) < 4.78 is 71.7. The van der Waals surface area contributed by atoms with Crippen molar-refractivity contribution in [3.63, 3.8) is 0 Å². The van der Waals surface area contributed by atoms with Gasteiger partial charge in [0.05, 0.1) is 5.69 Å². The fourth-order valence-electron chi connectivity index (χ4n) is 2.93. The molecule has 0 amide bonds. The van der Waals surface area contributed by atoms with E-state index < -0.39 is 22.0 Å². The van der Waals surface area contributed by atoms with Gasteiger partial charge in [0.2, 0.25) is 5.76 Å². The number of benzene rings is 1. The number of nitrogens with one attached hydrogen (secondary N) is 1. The van der Waals surface area contributed by atoms with Gasteiger partial charge < -0.3 is 4.52 Å². The summed E-state index contributed by atoms with van der Waals surface area (Å²) >= 11 is 1.17. The Balaban J connectivity index is 2.11. The van der Waals surface area contributed by atoms with E-state index in [1.54, 1.807) is 32.9 Å². The molecular weight excluding hydrogens is 413 g/mol. The van der Waals surface area contributed by atoms with Crippen LogP contribution in [0.25, 0.3) is 11.3 Å². The molecule has 3 aromatic rings. The van der Waals surface area contributed by atoms with Gasteiger partial charge in [-0.25, -0.2) is 8.42 Å². The predicted octanol–water partition coefficient (Wildman–Crippen LogP) is 5.46. The summed E-state index contributed by atoms with van der Waals surface area (Å²) in [6.07, 6.45) is -4.71. The molecule has 0 saturated carbocycles. The molecule has 150 valence electrons. The summed E-state index contributed by atoms with van der Waals surface area (Å²) in [6.45, 7) is 6.89. The first kappa shape index (κ1) is 20.4. The van der Waals surface area contributed by atoms with Gasteiger partial charge in [-0.3, -0.25) is 4.72 Å². The Morgan fingerprint density at radius 3 is 2.32 bits per heavy atom. The van der Waals surface area contributed by atoms with E-state index in [9.17, 15) is 21.6 Å². The maximum atomic E-state index is 13.1. The second-order valence-electron chi connectivity index (χ2n) is 6.42. The highest BCUT2D eigenvalue weighted by atomic mass is 32.2. The lowest BCUT2D eigenvalue weighted by Crippen LogP contribution is -2.15. The molecule has 1 N–H and O–H groups in total. The van der Waals surface area contributed by atoms with Crippen LogP contribution in [0, 0.1) is 27.7 Å². The predicted molar refractivity (Wildman–Crippen MR) is 101 cm³/mol. The van der Waals surface area contributed by atoms with Gasteiger partial charge in [0, 0.05) is 21.4 Å². The molecule has 0 unspecified atom stereocenters. The van der Waals surface area contributed by atoms with E-state index in [2.05, 4.69) is 14.4 Å². The zero-order valence-electron chi connectivity index (χ0n) is 15.4. The number of rotatable bonds is 4. The minimum Gasteiger partial charge on any atom is -0.351 e. The molecule has 0 radical (unpaired) electrons. The van der Waals surface area contributed by atoms with Crippen LogP contribution in [0.2, 0.25) is 0 Å². The molecule has 5 nitrogen and oxygen atoms in total. The van der Waals surface area contributed by atoms with Crippen molar-refractivity contribution in [1.82, 2.24) is 5.16 Å². The highest BCUT2D eigenvalue weighted by molar-refractivity contribution is 7.93. The van der Waals surface area contributed by atoms with E-state index in [0.717, 1.165) is 11.1 Å². The largest absolute Gasteiger partial charge is 0.452 e. The molecule has 0 fully saturated rings. The maximum absolute atomic E-state index is 13.1. The van der Waals surface area contributed by atoms with Crippen LogP contribution in [0.3, 0.4) is 0 Å². The number of halogens is 3. The maximum Gasteiger partial charge on any atom is 0.452 e. The molecule has 28 heavy (non-hydrogen) atoms. The van der Waals surface area contributed by atoms with Crippen LogP contribution in [0.1, 0.15) is 26.6 Å². The quantitative estimate of drug-likeness (QED) is 0.597. The Labute approximate surface area is 164 Å². The lowest BCUT2D eigenvalue weighted by atomic mass is 10.1. The fraction of sp³-hybridized carbons (Fsp3) is 0.278. The van der Waals surface area contributed by atoms with Crippen molar-refractivity contribution in [3.8, 4) is 11.3 Å². The Bertz CT molecular complexity index is 1150. The van der Waals surface area contributed by atoms with E-state index in [1.807, 2.05) is 13.0 Å². The smallest absolute Gasteiger partial charge is 0.351 e. The van der Waals surface area contributed by atoms with Gasteiger partial charge in [0.1, 0.15) is 10.6 Å². The first-order valence-corrected chi connectivity index (χ1v) is 10.4. The van der Waals surface area contributed by atoms with E-state index in [0.29, 0.717) is 21.5 Å². The number of aromatic nitrogens is 1. The zero-order chi connectivity index (χ0) is 20.9. The number of hydrogen-bond acceptors (Lipinski definition) is 5. The van der Waals surface area contributed by atoms with Crippen molar-refractivity contribution in [2.45, 2.75) is 38.8 Å². The second kappa shape index (κ2) is 6.93. The Hall–Kier alpha value is -2.33. The third-order valence-electron chi connectivity index (χ3n) is 4.15. The molecule has 0 aliphatic carbocycles. The number of aryl methyl sites for hydroxylation is 4. The monoisotopic (exact) mass is 430 g/mol. The van der Waals surface area contributed by atoms with Crippen LogP contribution in [0.4, 0.5) is 18.9 Å². The van der Waals surface area contributed by atoms with Crippen molar-refractivity contribution in [2.24, 2.45) is 0 Å². The minimum atomic E-state index is -4.71. The summed E-state index contributed by atoms with van der Waals surface area (Å²) in [5, 5.41) is 3.46. The average Bonchev–Trinajstić information content (AvgIpc) is 3.14. The van der Waals surface area contributed by atoms with Gasteiger partial charge in [0.15, 0.2) is 0 Å². The molecule has 0 spiro atoms. The van der Waals surface area contributed by atoms with Crippen LogP contribution < -0.4 is 4.72 Å². The van der Waals surface area contributed by atoms with Gasteiger partial charge in [0.25, 0.3) is 10.0 Å². The molecule has 0 bridgehead atoms. The third kappa shape index (κ3) is 3.79. The highest BCUT2D eigenvalue weighted by Gasteiger charge is 2.37. The van der Waals surface area contributed by atoms with E-state index >= 15 is 0 Å². The van der Waals surface area contributed by atoms with Gasteiger partial charge >= 0.3 is 6.18 Å². The number of sulfonamides is 1. The van der Waals surface area contributed by atoms with E-state index in [-0.39, 0.29) is 16.2 Å². The molecular formula is C18H17F3N2O3S2. The van der Waals surface area contributed by atoms with E-state index in [4.69, 9.17) is 0 Å². The average molecular weight is 430 g/mol. The number of anilines is 1. The van der Waals surface area contributed by atoms with Crippen molar-refractivity contribution < 1.29 is 26.1 Å². The second-order valence-corrected chi connectivity index (χ2v) is 9.46. The highest BCUT2D eigenvalue weighted by Crippen LogP contribution is 2.41. The number of thiophene rings is 1. The van der Waals surface area contributed by atoms with Crippen LogP contribution >= 0.6 is 11.3 Å². The van der Waals surface area contributed by atoms with Crippen molar-refractivity contribution >= 4 is 27.0 Å². The van der Waals surface area contributed by atoms with Gasteiger partial charge in [-0.15, -0.1) is 11.3 Å². The first-order chi connectivity index (χ1) is 12.9. The van der Waals surface area contributed by atoms with Crippen LogP contribution in [-0.4, -0.2) is 13.6 Å². The van der Waals surface area contributed by atoms with E-state index in [1.165, 1.54) is 11.3 Å². The first-order valence-electron chi connectivity index (χ1n) is 8.14. The lowest BCUT2D eigenvalue weighted by molar-refractivity contribution is -0.155. The van der Waals surface area contributed by atoms with Crippen LogP contribution in [0.15, 0.2) is 33.7 Å². The lowest BCUT2D eigenvalue weighted by Gasteiger charge is -2.12. The third-order valence-corrected chi connectivity index (χ3v) is 6.83. The Morgan fingerprint density at radius 1 is 1.07 bits per heavy atom. The topological polar surface area (TPSA) is 72.2 Å². The van der Waals surface area contributed by atoms with Gasteiger partial charge in [-0.2, -0.15) is 13.2 Å². The molecule has 0 aliphatic rings. The summed E-state index contributed by atoms with van der Waals surface area (Å²) in [4.78, 5) is 0.874. The van der Waals surface area contributed by atoms with Crippen molar-refractivity contribution in [2.75, 3.05) is 4.72 Å². The van der Waals surface area contributed by atoms with Crippen molar-refractivity contribution in [1.29, 1.82) is 0 Å². The number of nitrogens with zero attached hydrogens (tertiary/aromatic N) is 1. The molecule has 0 atom stereocenters. The van der Waals surface area contributed by atoms with Crippen molar-refractivity contribution in [3.05, 3.63) is 50.9 Å². The molecule has 0 aliphatic heterocycles. The molecule has 10 heteroatoms. The number of alkyl halides is 3. The molecule has 2 heterocycles. The molecule has 3 rings (SSSR count). The van der Waals surface area contributed by atoms with Crippen LogP contribution in [0.5, 0.6) is 0 Å². The molecule has 2 aromatic heterocycles. The normalized spacial score (nSPS) is 12.4. The SMILES string of the molecule is Cc1ccc(NS(=O)(=O)c2c(C)sc(C)c2-c2cc(C(F)(F)F)on2)c(C)c1. The standard InChI is InChI=1S/C18H17F3N2O3S2/c1-9-5-6-13(10(2)7-9)23-28(24,25)17-12(4)27-11(3)16(17)14-8-15(26-22-14)18(19,20)21/h5-8,23H,1-4H3. The minimum absolute atomic E-state index is 0.100. The molecule has 0 saturated heterocycles. The summed E-state index contributed by atoms with van der Waals surface area (Å²) in [5.74, 6) is -1.28. The summed E-state index contributed by atoms with van der Waals surface area (Å²) in [6, 6.07) is 5.96. The fourth-order valence-corrected chi connectivity index (χ4v) is 5.94. The summed E-state index contributed by atoms with van der Waals surface area (Å²) in [5.41, 5.74) is 2.05. The summed E-state index contributed by atoms with van der Waals surface area (Å²) in [7, 11) is -4.07. The Kier molecular flexibility index (Phi) is 5.05. The number of hydrogen-bond donors (Lipinski definition) is 1. The van der Waals surface area contributed by atoms with Gasteiger partial charge in [-0.05, 0) is 39.3 Å². The molecule has 1 aromatic carbocycles. The Morgan fingerprint density at radius 2 is 1.75 bits per heavy atom. The van der Waals surface area contributed by atoms with Crippen LogP contribution in [-0.2, 0) is 16.2 Å². The van der Waals surface area contributed by atoms with Gasteiger partial charge in [-0.1, -0.05) is 22.9 Å². The zero-order valence-corrected chi connectivity index (χ0v) is 17.1.